The second-order valence-corrected chi connectivity index (χ2v) is 3.36. The molecule has 0 bridgehead atoms. The van der Waals surface area contributed by atoms with Crippen molar-refractivity contribution in [1.82, 2.24) is 0 Å². The van der Waals surface area contributed by atoms with Crippen LogP contribution in [-0.2, 0) is 0 Å². The molecule has 0 aliphatic carbocycles. The van der Waals surface area contributed by atoms with Gasteiger partial charge in [-0.25, -0.2) is 0 Å². The summed E-state index contributed by atoms with van der Waals surface area (Å²) in [6.45, 7) is 0. The Morgan fingerprint density at radius 3 is 1.79 bits per heavy atom. The predicted octanol–water partition coefficient (Wildman–Crippen LogP) is 2.45. The summed E-state index contributed by atoms with van der Waals surface area (Å²) in [6, 6.07) is 2.09. The van der Waals surface area contributed by atoms with Crippen LogP contribution < -0.4 is 14.2 Å². The number of hydrogen-bond donors (Lipinski definition) is 1. The van der Waals surface area contributed by atoms with Gasteiger partial charge in [0.05, 0.1) is 21.3 Å². The van der Waals surface area contributed by atoms with Crippen molar-refractivity contribution in [2.75, 3.05) is 21.3 Å². The van der Waals surface area contributed by atoms with E-state index < -0.39 is 17.5 Å². The Kier molecular flexibility index (Phi) is 4.47. The quantitative estimate of drug-likeness (QED) is 0.522. The van der Waals surface area contributed by atoms with Crippen molar-refractivity contribution in [2.24, 2.45) is 5.16 Å². The molecule has 0 radical (unpaired) electrons. The lowest BCUT2D eigenvalue weighted by atomic mass is 10.1. The number of ether oxygens (including phenoxy) is 3. The van der Waals surface area contributed by atoms with Gasteiger partial charge in [0.2, 0.25) is 5.75 Å². The first-order valence-corrected chi connectivity index (χ1v) is 4.98. The van der Waals surface area contributed by atoms with Crippen LogP contribution in [0.3, 0.4) is 0 Å². The summed E-state index contributed by atoms with van der Waals surface area (Å²) in [5.74, 6) is 0.206. The number of rotatable bonds is 4. The van der Waals surface area contributed by atoms with Crippen LogP contribution >= 0.6 is 0 Å². The van der Waals surface area contributed by atoms with Crippen molar-refractivity contribution >= 4 is 5.71 Å². The summed E-state index contributed by atoms with van der Waals surface area (Å²) in [7, 11) is 3.86. The molecular weight excluding hydrogens is 267 g/mol. The van der Waals surface area contributed by atoms with Gasteiger partial charge in [-0.2, -0.15) is 13.2 Å². The molecule has 0 heterocycles. The minimum atomic E-state index is -4.81. The summed E-state index contributed by atoms with van der Waals surface area (Å²) in [4.78, 5) is 0. The predicted molar refractivity (Wildman–Crippen MR) is 60.5 cm³/mol. The van der Waals surface area contributed by atoms with Crippen molar-refractivity contribution in [3.05, 3.63) is 17.7 Å². The van der Waals surface area contributed by atoms with Gasteiger partial charge in [0.15, 0.2) is 17.2 Å². The van der Waals surface area contributed by atoms with Crippen molar-refractivity contribution in [2.45, 2.75) is 6.18 Å². The van der Waals surface area contributed by atoms with E-state index in [1.165, 1.54) is 21.3 Å². The Labute approximate surface area is 107 Å². The number of nitrogens with zero attached hydrogens (tertiary/aromatic N) is 1. The third-order valence-electron chi connectivity index (χ3n) is 2.31. The molecule has 106 valence electrons. The summed E-state index contributed by atoms with van der Waals surface area (Å²) < 4.78 is 52.8. The molecule has 0 unspecified atom stereocenters. The fraction of sp³-hybridized carbons (Fsp3) is 0.364. The lowest BCUT2D eigenvalue weighted by Gasteiger charge is -2.15. The Morgan fingerprint density at radius 1 is 1.05 bits per heavy atom. The Morgan fingerprint density at radius 2 is 1.53 bits per heavy atom. The Balaban J connectivity index is 3.46. The fourth-order valence-corrected chi connectivity index (χ4v) is 1.50. The van der Waals surface area contributed by atoms with E-state index in [0.717, 1.165) is 12.1 Å². The summed E-state index contributed by atoms with van der Waals surface area (Å²) in [5.41, 5.74) is -1.85. The molecule has 1 N–H and O–H groups in total. The Bertz CT molecular complexity index is 460. The maximum Gasteiger partial charge on any atom is 0.437 e. The van der Waals surface area contributed by atoms with Gasteiger partial charge in [-0.05, 0) is 12.1 Å². The molecule has 0 spiro atoms. The van der Waals surface area contributed by atoms with Crippen LogP contribution in [0.2, 0.25) is 0 Å². The molecular formula is C11H12F3NO4. The van der Waals surface area contributed by atoms with E-state index in [9.17, 15) is 13.2 Å². The molecule has 0 amide bonds. The van der Waals surface area contributed by atoms with Gasteiger partial charge < -0.3 is 19.4 Å². The average molecular weight is 279 g/mol. The third kappa shape index (κ3) is 3.01. The maximum atomic E-state index is 12.7. The van der Waals surface area contributed by atoms with Crippen LogP contribution in [-0.4, -0.2) is 38.4 Å². The van der Waals surface area contributed by atoms with Gasteiger partial charge in [0, 0.05) is 5.56 Å². The zero-order valence-corrected chi connectivity index (χ0v) is 10.4. The summed E-state index contributed by atoms with van der Waals surface area (Å²) in [5, 5.41) is 10.8. The lowest BCUT2D eigenvalue weighted by molar-refractivity contribution is -0.0601. The highest BCUT2D eigenvalue weighted by molar-refractivity contribution is 6.05. The molecule has 0 fully saturated rings. The molecule has 1 rings (SSSR count). The van der Waals surface area contributed by atoms with Crippen LogP contribution in [0.15, 0.2) is 17.3 Å². The van der Waals surface area contributed by atoms with Gasteiger partial charge >= 0.3 is 6.18 Å². The van der Waals surface area contributed by atoms with E-state index in [-0.39, 0.29) is 17.2 Å². The molecule has 0 aromatic heterocycles. The molecule has 0 atom stereocenters. The number of alkyl halides is 3. The van der Waals surface area contributed by atoms with E-state index in [0.29, 0.717) is 0 Å². The fourth-order valence-electron chi connectivity index (χ4n) is 1.50. The second-order valence-electron chi connectivity index (χ2n) is 3.36. The van der Waals surface area contributed by atoms with Gasteiger partial charge in [-0.1, -0.05) is 5.16 Å². The molecule has 5 nitrogen and oxygen atoms in total. The van der Waals surface area contributed by atoms with Crippen molar-refractivity contribution in [3.8, 4) is 17.2 Å². The highest BCUT2D eigenvalue weighted by Gasteiger charge is 2.38. The first-order chi connectivity index (χ1) is 8.88. The van der Waals surface area contributed by atoms with Crippen LogP contribution in [0.1, 0.15) is 5.56 Å². The topological polar surface area (TPSA) is 60.3 Å². The van der Waals surface area contributed by atoms with E-state index in [4.69, 9.17) is 19.4 Å². The summed E-state index contributed by atoms with van der Waals surface area (Å²) >= 11 is 0. The average Bonchev–Trinajstić information content (AvgIpc) is 2.36. The van der Waals surface area contributed by atoms with Crippen molar-refractivity contribution in [3.63, 3.8) is 0 Å². The zero-order chi connectivity index (χ0) is 14.6. The molecule has 0 aliphatic heterocycles. The molecule has 0 saturated heterocycles. The largest absolute Gasteiger partial charge is 0.493 e. The van der Waals surface area contributed by atoms with Crippen LogP contribution in [0.25, 0.3) is 0 Å². The van der Waals surface area contributed by atoms with E-state index >= 15 is 0 Å². The molecule has 8 heteroatoms. The Hall–Kier alpha value is -2.12. The van der Waals surface area contributed by atoms with Gasteiger partial charge in [0.25, 0.3) is 0 Å². The first kappa shape index (κ1) is 14.9. The number of oxime groups is 1. The lowest BCUT2D eigenvalue weighted by Crippen LogP contribution is -2.24. The molecule has 1 aromatic rings. The van der Waals surface area contributed by atoms with Crippen molar-refractivity contribution in [1.29, 1.82) is 0 Å². The SMILES string of the molecule is COc1cc(C(=NO)C(F)(F)F)cc(OC)c1OC. The van der Waals surface area contributed by atoms with E-state index in [2.05, 4.69) is 5.16 Å². The van der Waals surface area contributed by atoms with Gasteiger partial charge in [0.1, 0.15) is 0 Å². The van der Waals surface area contributed by atoms with Crippen molar-refractivity contribution < 1.29 is 32.6 Å². The normalized spacial score (nSPS) is 12.2. The van der Waals surface area contributed by atoms with Crippen LogP contribution in [0.5, 0.6) is 17.2 Å². The third-order valence-corrected chi connectivity index (χ3v) is 2.31. The summed E-state index contributed by atoms with van der Waals surface area (Å²) in [6.07, 6.45) is -4.81. The minimum Gasteiger partial charge on any atom is -0.493 e. The molecule has 0 aliphatic rings. The first-order valence-electron chi connectivity index (χ1n) is 4.98. The van der Waals surface area contributed by atoms with Crippen LogP contribution in [0.4, 0.5) is 13.2 Å². The minimum absolute atomic E-state index is 0.0299. The standard InChI is InChI=1S/C11H12F3NO4/c1-17-7-4-6(10(15-16)11(12,13)14)5-8(18-2)9(7)19-3/h4-5,16H,1-3H3. The van der Waals surface area contributed by atoms with Crippen LogP contribution in [0, 0.1) is 0 Å². The zero-order valence-electron chi connectivity index (χ0n) is 10.4. The molecule has 0 saturated carbocycles. The monoisotopic (exact) mass is 279 g/mol. The second kappa shape index (κ2) is 5.68. The number of methoxy groups -OCH3 is 3. The number of halogens is 3. The van der Waals surface area contributed by atoms with Gasteiger partial charge in [-0.3, -0.25) is 0 Å². The molecule has 1 aromatic carbocycles. The highest BCUT2D eigenvalue weighted by atomic mass is 19.4. The molecule has 19 heavy (non-hydrogen) atoms. The number of benzene rings is 1. The highest BCUT2D eigenvalue weighted by Crippen LogP contribution is 2.39. The van der Waals surface area contributed by atoms with E-state index in [1.807, 2.05) is 0 Å². The smallest absolute Gasteiger partial charge is 0.437 e. The maximum absolute atomic E-state index is 12.7. The van der Waals surface area contributed by atoms with Gasteiger partial charge in [-0.15, -0.1) is 0 Å². The number of hydrogen-bond acceptors (Lipinski definition) is 5. The van der Waals surface area contributed by atoms with E-state index in [1.54, 1.807) is 0 Å².